The maximum atomic E-state index is 11.1. The lowest BCUT2D eigenvalue weighted by molar-refractivity contribution is 0.0104. The van der Waals surface area contributed by atoms with Gasteiger partial charge in [-0.25, -0.2) is 0 Å². The van der Waals surface area contributed by atoms with E-state index < -0.39 is 0 Å². The van der Waals surface area contributed by atoms with Crippen LogP contribution in [0.25, 0.3) is 0 Å². The van der Waals surface area contributed by atoms with Crippen LogP contribution in [-0.2, 0) is 11.3 Å². The van der Waals surface area contributed by atoms with Crippen molar-refractivity contribution in [3.8, 4) is 11.8 Å². The third-order valence-electron chi connectivity index (χ3n) is 9.28. The highest BCUT2D eigenvalue weighted by molar-refractivity contribution is 6.30. The summed E-state index contributed by atoms with van der Waals surface area (Å²) in [5.41, 5.74) is 3.21. The minimum atomic E-state index is -0.0748. The zero-order chi connectivity index (χ0) is 27.2. The van der Waals surface area contributed by atoms with E-state index in [2.05, 4.69) is 22.8 Å². The van der Waals surface area contributed by atoms with Gasteiger partial charge in [0.1, 0.15) is 0 Å². The summed E-state index contributed by atoms with van der Waals surface area (Å²) in [6.45, 7) is 8.09. The number of hydrogen-bond donors (Lipinski definition) is 2. The van der Waals surface area contributed by atoms with Crippen molar-refractivity contribution in [3.05, 3.63) is 40.4 Å². The molecule has 1 aromatic heterocycles. The van der Waals surface area contributed by atoms with Gasteiger partial charge in [0.25, 0.3) is 0 Å². The van der Waals surface area contributed by atoms with Crippen molar-refractivity contribution >= 4 is 17.3 Å². The molecular weight excluding hydrogens is 510 g/mol. The van der Waals surface area contributed by atoms with Gasteiger partial charge in [0, 0.05) is 61.2 Å². The number of aromatic nitrogens is 1. The van der Waals surface area contributed by atoms with Gasteiger partial charge in [-0.2, -0.15) is 0 Å². The third-order valence-corrected chi connectivity index (χ3v) is 9.51. The van der Waals surface area contributed by atoms with Crippen LogP contribution in [0.4, 0.5) is 5.69 Å². The minimum absolute atomic E-state index is 0.0748. The van der Waals surface area contributed by atoms with E-state index in [1.807, 2.05) is 18.2 Å². The first-order valence-electron chi connectivity index (χ1n) is 15.5. The SMILES string of the molecule is CCCCCCCCCCOC(CN1CCN(c2cccc(Cl)c2)CC1)Cn1c(O)c2c(c1O)[C@H]1CCC2C1. The molecule has 1 saturated heterocycles. The summed E-state index contributed by atoms with van der Waals surface area (Å²) in [4.78, 5) is 4.86. The van der Waals surface area contributed by atoms with E-state index in [-0.39, 0.29) is 17.9 Å². The number of benzene rings is 1. The smallest absolute Gasteiger partial charge is 0.197 e. The molecule has 3 aliphatic rings. The van der Waals surface area contributed by atoms with E-state index in [4.69, 9.17) is 16.3 Å². The first-order chi connectivity index (χ1) is 19.0. The molecular formula is C32H48ClN3O3. The molecule has 2 aliphatic carbocycles. The van der Waals surface area contributed by atoms with E-state index in [0.717, 1.165) is 81.2 Å². The van der Waals surface area contributed by atoms with Gasteiger partial charge >= 0.3 is 0 Å². The largest absolute Gasteiger partial charge is 0.494 e. The van der Waals surface area contributed by atoms with Gasteiger partial charge in [0.2, 0.25) is 0 Å². The zero-order valence-corrected chi connectivity index (χ0v) is 24.5. The normalized spacial score (nSPS) is 21.5. The van der Waals surface area contributed by atoms with Gasteiger partial charge in [-0.15, -0.1) is 0 Å². The molecule has 2 heterocycles. The fraction of sp³-hybridized carbons (Fsp3) is 0.688. The van der Waals surface area contributed by atoms with E-state index in [1.54, 1.807) is 4.57 Å². The molecule has 2 bridgehead atoms. The summed E-state index contributed by atoms with van der Waals surface area (Å²) in [7, 11) is 0. The fourth-order valence-corrected chi connectivity index (χ4v) is 7.30. The van der Waals surface area contributed by atoms with Gasteiger partial charge < -0.3 is 19.8 Å². The number of ether oxygens (including phenoxy) is 1. The molecule has 1 aromatic carbocycles. The Balaban J connectivity index is 1.17. The quantitative estimate of drug-likeness (QED) is 0.226. The van der Waals surface area contributed by atoms with Crippen molar-refractivity contribution in [3.63, 3.8) is 0 Å². The molecule has 6 nitrogen and oxygen atoms in total. The van der Waals surface area contributed by atoms with Crippen molar-refractivity contribution in [2.75, 3.05) is 44.2 Å². The number of unbranched alkanes of at least 4 members (excludes halogenated alkanes) is 7. The molecule has 0 spiro atoms. The van der Waals surface area contributed by atoms with Crippen molar-refractivity contribution in [1.29, 1.82) is 0 Å². The molecule has 0 amide bonds. The van der Waals surface area contributed by atoms with Gasteiger partial charge in [-0.3, -0.25) is 9.47 Å². The van der Waals surface area contributed by atoms with Crippen LogP contribution < -0.4 is 4.90 Å². The average molecular weight is 558 g/mol. The Morgan fingerprint density at radius 2 is 1.51 bits per heavy atom. The molecule has 5 rings (SSSR count). The number of anilines is 1. The first-order valence-corrected chi connectivity index (χ1v) is 15.9. The highest BCUT2D eigenvalue weighted by atomic mass is 35.5. The maximum absolute atomic E-state index is 11.1. The molecule has 1 saturated carbocycles. The predicted octanol–water partition coefficient (Wildman–Crippen LogP) is 7.27. The molecule has 0 radical (unpaired) electrons. The Hall–Kier alpha value is -1.89. The second-order valence-electron chi connectivity index (χ2n) is 12.0. The summed E-state index contributed by atoms with van der Waals surface area (Å²) in [6.07, 6.45) is 13.5. The summed E-state index contributed by atoms with van der Waals surface area (Å²) in [5.74, 6) is 1.38. The number of aromatic hydroxyl groups is 2. The predicted molar refractivity (Wildman–Crippen MR) is 160 cm³/mol. The van der Waals surface area contributed by atoms with E-state index in [1.165, 1.54) is 50.6 Å². The maximum Gasteiger partial charge on any atom is 0.197 e. The molecule has 2 unspecified atom stereocenters. The number of halogens is 1. The fourth-order valence-electron chi connectivity index (χ4n) is 7.12. The summed E-state index contributed by atoms with van der Waals surface area (Å²) in [6, 6.07) is 8.10. The van der Waals surface area contributed by atoms with Crippen LogP contribution in [-0.4, -0.2) is 65.1 Å². The molecule has 2 aromatic rings. The van der Waals surface area contributed by atoms with Crippen LogP contribution in [0, 0.1) is 0 Å². The molecule has 39 heavy (non-hydrogen) atoms. The van der Waals surface area contributed by atoms with Crippen LogP contribution in [0.3, 0.4) is 0 Å². The monoisotopic (exact) mass is 557 g/mol. The number of piperazine rings is 1. The van der Waals surface area contributed by atoms with Gasteiger partial charge in [-0.05, 0) is 55.7 Å². The third kappa shape index (κ3) is 6.89. The Bertz CT molecular complexity index is 1030. The van der Waals surface area contributed by atoms with Crippen LogP contribution in [0.15, 0.2) is 24.3 Å². The molecule has 2 N–H and O–H groups in total. The Labute approximate surface area is 239 Å². The van der Waals surface area contributed by atoms with Gasteiger partial charge in [0.15, 0.2) is 11.8 Å². The van der Waals surface area contributed by atoms with Crippen molar-refractivity contribution < 1.29 is 14.9 Å². The standard InChI is InChI=1S/C32H48ClN3O3/c1-2-3-4-5-6-7-8-9-19-39-28(22-34-15-17-35(18-16-34)27-12-10-11-26(33)21-27)23-36-31(37)29-24-13-14-25(20-24)30(29)32(36)38/h10-12,21,24-25,28,37-38H,2-9,13-20,22-23H2,1H3/t24-,25?,28?/m0/s1. The molecule has 216 valence electrons. The van der Waals surface area contributed by atoms with E-state index >= 15 is 0 Å². The number of hydrogen-bond acceptors (Lipinski definition) is 5. The summed E-state index contributed by atoms with van der Waals surface area (Å²) in [5, 5.41) is 23.0. The van der Waals surface area contributed by atoms with Gasteiger partial charge in [-0.1, -0.05) is 69.5 Å². The Morgan fingerprint density at radius 3 is 2.15 bits per heavy atom. The van der Waals surface area contributed by atoms with Crippen LogP contribution >= 0.6 is 11.6 Å². The highest BCUT2D eigenvalue weighted by Gasteiger charge is 2.44. The topological polar surface area (TPSA) is 61.1 Å². The molecule has 7 heteroatoms. The zero-order valence-electron chi connectivity index (χ0n) is 23.8. The van der Waals surface area contributed by atoms with Crippen LogP contribution in [0.2, 0.25) is 5.02 Å². The molecule has 3 atom stereocenters. The number of fused-ring (bicyclic) bond motifs is 5. The van der Waals surface area contributed by atoms with E-state index in [0.29, 0.717) is 18.4 Å². The van der Waals surface area contributed by atoms with Crippen molar-refractivity contribution in [1.82, 2.24) is 9.47 Å². The molecule has 1 aliphatic heterocycles. The summed E-state index contributed by atoms with van der Waals surface area (Å²) < 4.78 is 8.23. The van der Waals surface area contributed by atoms with Gasteiger partial charge in [0.05, 0.1) is 12.6 Å². The molecule has 2 fully saturated rings. The first kappa shape index (κ1) is 28.6. The summed E-state index contributed by atoms with van der Waals surface area (Å²) >= 11 is 6.23. The average Bonchev–Trinajstić information content (AvgIpc) is 3.63. The second-order valence-corrected chi connectivity index (χ2v) is 12.5. The number of nitrogens with zero attached hydrogens (tertiary/aromatic N) is 3. The highest BCUT2D eigenvalue weighted by Crippen LogP contribution is 2.59. The lowest BCUT2D eigenvalue weighted by atomic mass is 9.95. The van der Waals surface area contributed by atoms with Crippen LogP contribution in [0.1, 0.15) is 101 Å². The minimum Gasteiger partial charge on any atom is -0.494 e. The van der Waals surface area contributed by atoms with Crippen LogP contribution in [0.5, 0.6) is 11.8 Å². The lowest BCUT2D eigenvalue weighted by Crippen LogP contribution is -2.49. The Morgan fingerprint density at radius 1 is 0.872 bits per heavy atom. The second kappa shape index (κ2) is 13.6. The Kier molecular flexibility index (Phi) is 10.0. The van der Waals surface area contributed by atoms with Crippen molar-refractivity contribution in [2.45, 2.75) is 102 Å². The number of rotatable bonds is 15. The van der Waals surface area contributed by atoms with Crippen molar-refractivity contribution in [2.24, 2.45) is 0 Å². The van der Waals surface area contributed by atoms with E-state index in [9.17, 15) is 10.2 Å². The lowest BCUT2D eigenvalue weighted by Gasteiger charge is -2.37.